The van der Waals surface area contributed by atoms with E-state index < -0.39 is 0 Å². The Morgan fingerprint density at radius 2 is 2.21 bits per heavy atom. The fraction of sp³-hybridized carbons (Fsp3) is 1.00. The minimum atomic E-state index is 0.481. The molecule has 0 spiro atoms. The molecule has 2 atom stereocenters. The first-order valence-electron chi connectivity index (χ1n) is 5.70. The molecule has 14 heavy (non-hydrogen) atoms. The van der Waals surface area contributed by atoms with Crippen molar-refractivity contribution < 1.29 is 4.74 Å². The van der Waals surface area contributed by atoms with E-state index in [0.29, 0.717) is 12.2 Å². The van der Waals surface area contributed by atoms with Crippen LogP contribution in [0.3, 0.4) is 0 Å². The summed E-state index contributed by atoms with van der Waals surface area (Å²) in [6.07, 6.45) is 4.68. The average molecular weight is 264 g/mol. The summed E-state index contributed by atoms with van der Waals surface area (Å²) in [7, 11) is 0. The van der Waals surface area contributed by atoms with Crippen LogP contribution in [-0.2, 0) is 4.74 Å². The van der Waals surface area contributed by atoms with E-state index in [0.717, 1.165) is 18.4 Å². The van der Waals surface area contributed by atoms with Gasteiger partial charge in [-0.05, 0) is 39.3 Å². The van der Waals surface area contributed by atoms with E-state index in [1.807, 2.05) is 0 Å². The van der Waals surface area contributed by atoms with E-state index >= 15 is 0 Å². The Bertz CT molecular complexity index is 154. The zero-order chi connectivity index (χ0) is 10.4. The Labute approximate surface area is 96.1 Å². The molecule has 0 bridgehead atoms. The van der Waals surface area contributed by atoms with Crippen LogP contribution in [0.5, 0.6) is 0 Å². The smallest absolute Gasteiger partial charge is 0.0706 e. The van der Waals surface area contributed by atoms with Crippen molar-refractivity contribution in [2.45, 2.75) is 45.3 Å². The normalized spacial score (nSPS) is 27.4. The lowest BCUT2D eigenvalue weighted by molar-refractivity contribution is 0.0325. The Balaban J connectivity index is 2.19. The van der Waals surface area contributed by atoms with Crippen LogP contribution in [0.2, 0.25) is 0 Å². The van der Waals surface area contributed by atoms with Gasteiger partial charge >= 0.3 is 0 Å². The van der Waals surface area contributed by atoms with Gasteiger partial charge in [0.25, 0.3) is 0 Å². The molecule has 1 saturated heterocycles. The van der Waals surface area contributed by atoms with Crippen molar-refractivity contribution in [3.05, 3.63) is 0 Å². The van der Waals surface area contributed by atoms with Gasteiger partial charge in [0.1, 0.15) is 0 Å². The first kappa shape index (κ1) is 12.5. The molecule has 1 rings (SSSR count). The molecular formula is C11H22BrNO. The van der Waals surface area contributed by atoms with Gasteiger partial charge < -0.3 is 9.64 Å². The minimum Gasteiger partial charge on any atom is -0.374 e. The Hall–Kier alpha value is 0.400. The quantitative estimate of drug-likeness (QED) is 0.684. The third-order valence-corrected chi connectivity index (χ3v) is 3.40. The maximum absolute atomic E-state index is 5.82. The maximum Gasteiger partial charge on any atom is 0.0706 e. The molecule has 0 aromatic rings. The molecule has 1 heterocycles. The first-order chi connectivity index (χ1) is 6.76. The fourth-order valence-electron chi connectivity index (χ4n) is 1.97. The molecule has 0 saturated carbocycles. The zero-order valence-electron chi connectivity index (χ0n) is 9.34. The third kappa shape index (κ3) is 4.28. The predicted octanol–water partition coefficient (Wildman–Crippen LogP) is 2.66. The van der Waals surface area contributed by atoms with Crippen LogP contribution < -0.4 is 0 Å². The first-order valence-corrected chi connectivity index (χ1v) is 6.82. The van der Waals surface area contributed by atoms with Crippen molar-refractivity contribution in [2.75, 3.05) is 25.0 Å². The highest BCUT2D eigenvalue weighted by atomic mass is 79.9. The summed E-state index contributed by atoms with van der Waals surface area (Å²) in [5, 5.41) is 1.10. The van der Waals surface area contributed by atoms with Crippen molar-refractivity contribution in [3.63, 3.8) is 0 Å². The highest BCUT2D eigenvalue weighted by Gasteiger charge is 2.23. The van der Waals surface area contributed by atoms with Crippen molar-refractivity contribution in [1.82, 2.24) is 4.90 Å². The molecule has 0 aromatic heterocycles. The molecule has 0 aliphatic carbocycles. The van der Waals surface area contributed by atoms with E-state index in [2.05, 4.69) is 34.7 Å². The van der Waals surface area contributed by atoms with E-state index in [1.165, 1.54) is 25.8 Å². The van der Waals surface area contributed by atoms with Crippen molar-refractivity contribution in [3.8, 4) is 0 Å². The van der Waals surface area contributed by atoms with Crippen LogP contribution in [0.15, 0.2) is 0 Å². The minimum absolute atomic E-state index is 0.481. The van der Waals surface area contributed by atoms with Crippen molar-refractivity contribution in [1.29, 1.82) is 0 Å². The molecule has 0 radical (unpaired) electrons. The summed E-state index contributed by atoms with van der Waals surface area (Å²) >= 11 is 3.47. The topological polar surface area (TPSA) is 12.5 Å². The summed E-state index contributed by atoms with van der Waals surface area (Å²) in [5.41, 5.74) is 0. The molecule has 1 aliphatic rings. The molecule has 0 N–H and O–H groups in total. The third-order valence-electron chi connectivity index (χ3n) is 2.84. The SMILES string of the molecule is CCN(CCCBr)CC1CCC(C)O1. The van der Waals surface area contributed by atoms with Gasteiger partial charge in [-0.1, -0.05) is 22.9 Å². The Kier molecular flexibility index (Phi) is 6.06. The number of likely N-dealkylation sites (N-methyl/N-ethyl adjacent to an activating group) is 1. The lowest BCUT2D eigenvalue weighted by Gasteiger charge is -2.23. The molecule has 0 amide bonds. The second-order valence-electron chi connectivity index (χ2n) is 4.08. The monoisotopic (exact) mass is 263 g/mol. The molecular weight excluding hydrogens is 242 g/mol. The molecule has 0 aromatic carbocycles. The largest absolute Gasteiger partial charge is 0.374 e. The zero-order valence-corrected chi connectivity index (χ0v) is 10.9. The van der Waals surface area contributed by atoms with Gasteiger partial charge in [0, 0.05) is 11.9 Å². The number of hydrogen-bond donors (Lipinski definition) is 0. The van der Waals surface area contributed by atoms with Crippen LogP contribution in [0.4, 0.5) is 0 Å². The number of nitrogens with zero attached hydrogens (tertiary/aromatic N) is 1. The highest BCUT2D eigenvalue weighted by molar-refractivity contribution is 9.09. The number of rotatable bonds is 6. The van der Waals surface area contributed by atoms with Gasteiger partial charge in [-0.25, -0.2) is 0 Å². The van der Waals surface area contributed by atoms with Crippen LogP contribution in [-0.4, -0.2) is 42.1 Å². The van der Waals surface area contributed by atoms with E-state index in [-0.39, 0.29) is 0 Å². The lowest BCUT2D eigenvalue weighted by atomic mass is 10.2. The Morgan fingerprint density at radius 3 is 2.71 bits per heavy atom. The fourth-order valence-corrected chi connectivity index (χ4v) is 2.22. The predicted molar refractivity (Wildman–Crippen MR) is 64.1 cm³/mol. The van der Waals surface area contributed by atoms with Crippen LogP contribution in [0.25, 0.3) is 0 Å². The molecule has 2 nitrogen and oxygen atoms in total. The van der Waals surface area contributed by atoms with Gasteiger partial charge in [-0.15, -0.1) is 0 Å². The van der Waals surface area contributed by atoms with Crippen LogP contribution in [0, 0.1) is 0 Å². The van der Waals surface area contributed by atoms with E-state index in [4.69, 9.17) is 4.74 Å². The molecule has 2 unspecified atom stereocenters. The number of halogens is 1. The molecule has 1 aliphatic heterocycles. The van der Waals surface area contributed by atoms with Crippen LogP contribution in [0.1, 0.15) is 33.1 Å². The standard InChI is InChI=1S/C11H22BrNO/c1-3-13(8-4-7-12)9-11-6-5-10(2)14-11/h10-11H,3-9H2,1-2H3. The Morgan fingerprint density at radius 1 is 1.43 bits per heavy atom. The summed E-state index contributed by atoms with van der Waals surface area (Å²) in [6.45, 7) is 7.85. The second kappa shape index (κ2) is 6.81. The van der Waals surface area contributed by atoms with Gasteiger partial charge in [-0.2, -0.15) is 0 Å². The second-order valence-corrected chi connectivity index (χ2v) is 4.87. The lowest BCUT2D eigenvalue weighted by Crippen LogP contribution is -2.33. The summed E-state index contributed by atoms with van der Waals surface area (Å²) in [4.78, 5) is 2.49. The van der Waals surface area contributed by atoms with Crippen LogP contribution >= 0.6 is 15.9 Å². The van der Waals surface area contributed by atoms with Gasteiger partial charge in [0.05, 0.1) is 12.2 Å². The summed E-state index contributed by atoms with van der Waals surface area (Å²) in [6, 6.07) is 0. The molecule has 3 heteroatoms. The number of hydrogen-bond acceptors (Lipinski definition) is 2. The maximum atomic E-state index is 5.82. The van der Waals surface area contributed by atoms with E-state index in [9.17, 15) is 0 Å². The van der Waals surface area contributed by atoms with Crippen molar-refractivity contribution >= 4 is 15.9 Å². The molecule has 1 fully saturated rings. The van der Waals surface area contributed by atoms with Gasteiger partial charge in [0.15, 0.2) is 0 Å². The number of ether oxygens (including phenoxy) is 1. The summed E-state index contributed by atoms with van der Waals surface area (Å²) < 4.78 is 5.82. The van der Waals surface area contributed by atoms with Gasteiger partial charge in [0.2, 0.25) is 0 Å². The average Bonchev–Trinajstić information content (AvgIpc) is 2.58. The summed E-state index contributed by atoms with van der Waals surface area (Å²) in [5.74, 6) is 0. The van der Waals surface area contributed by atoms with Gasteiger partial charge in [-0.3, -0.25) is 0 Å². The van der Waals surface area contributed by atoms with Crippen molar-refractivity contribution in [2.24, 2.45) is 0 Å². The highest BCUT2D eigenvalue weighted by Crippen LogP contribution is 2.19. The van der Waals surface area contributed by atoms with E-state index in [1.54, 1.807) is 0 Å². The molecule has 84 valence electrons. The number of alkyl halides is 1.